The molecule has 460 valence electrons. The number of carbonyl (C=O) groups is 3. The van der Waals surface area contributed by atoms with Crippen LogP contribution in [0.5, 0.6) is 0 Å². The maximum absolute atomic E-state index is 12.9. The molecule has 0 fully saturated rings. The molecule has 0 N–H and O–H groups in total. The normalized spacial score (nSPS) is 12.1. The molecule has 1 atom stereocenters. The van der Waals surface area contributed by atoms with Gasteiger partial charge in [-0.15, -0.1) is 0 Å². The zero-order valence-electron chi connectivity index (χ0n) is 53.0. The van der Waals surface area contributed by atoms with E-state index in [2.05, 4.69) is 45.1 Å². The van der Waals surface area contributed by atoms with Crippen LogP contribution in [-0.2, 0) is 28.6 Å². The van der Waals surface area contributed by atoms with E-state index in [9.17, 15) is 14.4 Å². The van der Waals surface area contributed by atoms with Crippen LogP contribution in [0.15, 0.2) is 24.3 Å². The summed E-state index contributed by atoms with van der Waals surface area (Å²) in [5.74, 6) is -0.852. The van der Waals surface area contributed by atoms with Crippen LogP contribution in [0.2, 0.25) is 0 Å². The number of ether oxygens (including phenoxy) is 3. The fourth-order valence-electron chi connectivity index (χ4n) is 10.8. The molecule has 0 amide bonds. The Bertz CT molecular complexity index is 1260. The number of hydrogen-bond acceptors (Lipinski definition) is 6. The maximum Gasteiger partial charge on any atom is 0.306 e. The second kappa shape index (κ2) is 67.4. The maximum atomic E-state index is 12.9. The summed E-state index contributed by atoms with van der Waals surface area (Å²) in [5.41, 5.74) is 0. The van der Waals surface area contributed by atoms with Crippen molar-refractivity contribution in [1.82, 2.24) is 0 Å². The minimum atomic E-state index is -0.767. The van der Waals surface area contributed by atoms with Gasteiger partial charge in [-0.3, -0.25) is 14.4 Å². The highest BCUT2D eigenvalue weighted by molar-refractivity contribution is 5.71. The molecule has 0 aliphatic rings. The summed E-state index contributed by atoms with van der Waals surface area (Å²) in [6.07, 6.45) is 82.6. The summed E-state index contributed by atoms with van der Waals surface area (Å²) in [7, 11) is 0. The third-order valence-corrected chi connectivity index (χ3v) is 16.2. The first-order chi connectivity index (χ1) is 38.5. The first-order valence-electron chi connectivity index (χ1n) is 35.3. The zero-order valence-corrected chi connectivity index (χ0v) is 53.0. The Morgan fingerprint density at radius 3 is 0.641 bits per heavy atom. The standard InChI is InChI=1S/C72H136O6/c1-4-7-10-13-16-18-20-22-24-26-28-30-31-32-33-34-35-36-37-38-39-40-41-43-44-46-48-50-52-54-56-59-62-65-71(74)77-68-69(67-76-70(73)64-61-58-15-12-9-6-3)78-72(75)66-63-60-57-55-53-51-49-47-45-42-29-27-25-23-21-19-17-14-11-8-5-2/h26-29,69H,4-25,30-68H2,1-3H3/b28-26-,29-27-. The quantitative estimate of drug-likeness (QED) is 0.0261. The Hall–Kier alpha value is -2.11. The number of allylic oxidation sites excluding steroid dienone is 4. The van der Waals surface area contributed by atoms with Gasteiger partial charge in [0, 0.05) is 19.3 Å². The predicted molar refractivity (Wildman–Crippen MR) is 340 cm³/mol. The van der Waals surface area contributed by atoms with Crippen LogP contribution < -0.4 is 0 Å². The van der Waals surface area contributed by atoms with E-state index in [1.807, 2.05) is 0 Å². The van der Waals surface area contributed by atoms with Gasteiger partial charge in [0.15, 0.2) is 6.10 Å². The predicted octanol–water partition coefficient (Wildman–Crippen LogP) is 24.2. The molecule has 0 aromatic rings. The Labute approximate surface area is 487 Å². The fraction of sp³-hybridized carbons (Fsp3) is 0.903. The third-order valence-electron chi connectivity index (χ3n) is 16.2. The Morgan fingerprint density at radius 1 is 0.244 bits per heavy atom. The van der Waals surface area contributed by atoms with Gasteiger partial charge in [0.25, 0.3) is 0 Å². The molecule has 0 saturated carbocycles. The highest BCUT2D eigenvalue weighted by atomic mass is 16.6. The minimum absolute atomic E-state index is 0.0667. The van der Waals surface area contributed by atoms with Gasteiger partial charge in [-0.25, -0.2) is 0 Å². The first-order valence-corrected chi connectivity index (χ1v) is 35.3. The van der Waals surface area contributed by atoms with Crippen LogP contribution in [0.4, 0.5) is 0 Å². The van der Waals surface area contributed by atoms with Crippen molar-refractivity contribution in [2.45, 2.75) is 406 Å². The van der Waals surface area contributed by atoms with Crippen molar-refractivity contribution in [2.24, 2.45) is 0 Å². The highest BCUT2D eigenvalue weighted by Crippen LogP contribution is 2.18. The number of esters is 3. The average Bonchev–Trinajstić information content (AvgIpc) is 3.44. The largest absolute Gasteiger partial charge is 0.462 e. The van der Waals surface area contributed by atoms with E-state index in [0.717, 1.165) is 57.8 Å². The van der Waals surface area contributed by atoms with Crippen molar-refractivity contribution in [3.8, 4) is 0 Å². The molecule has 0 aromatic carbocycles. The van der Waals surface area contributed by atoms with Crippen LogP contribution in [0.1, 0.15) is 400 Å². The molecule has 0 aliphatic heterocycles. The van der Waals surface area contributed by atoms with Crippen LogP contribution in [0.25, 0.3) is 0 Å². The molecule has 6 heteroatoms. The topological polar surface area (TPSA) is 78.9 Å². The van der Waals surface area contributed by atoms with Gasteiger partial charge in [-0.1, -0.05) is 334 Å². The zero-order chi connectivity index (χ0) is 56.4. The molecule has 78 heavy (non-hydrogen) atoms. The van der Waals surface area contributed by atoms with Crippen LogP contribution in [0.3, 0.4) is 0 Å². The van der Waals surface area contributed by atoms with E-state index in [-0.39, 0.29) is 31.1 Å². The number of rotatable bonds is 66. The molecule has 0 saturated heterocycles. The molecule has 0 radical (unpaired) electrons. The van der Waals surface area contributed by atoms with Gasteiger partial charge < -0.3 is 14.2 Å². The highest BCUT2D eigenvalue weighted by Gasteiger charge is 2.19. The molecule has 0 aromatic heterocycles. The van der Waals surface area contributed by atoms with Gasteiger partial charge in [-0.05, 0) is 70.6 Å². The SMILES string of the molecule is CCCCCCCCCC/C=C\CCCCCCCCCCCCCCCCCCCCCCCC(=O)OCC(COC(=O)CCCCCCCC)OC(=O)CCCCCCCCCCC/C=C\CCCCCCCCCC. The Kier molecular flexibility index (Phi) is 65.6. The van der Waals surface area contributed by atoms with E-state index < -0.39 is 6.10 Å². The van der Waals surface area contributed by atoms with Crippen LogP contribution in [0, 0.1) is 0 Å². The molecule has 1 unspecified atom stereocenters. The lowest BCUT2D eigenvalue weighted by Crippen LogP contribution is -2.30. The summed E-state index contributed by atoms with van der Waals surface area (Å²) in [5, 5.41) is 0. The minimum Gasteiger partial charge on any atom is -0.462 e. The van der Waals surface area contributed by atoms with Gasteiger partial charge in [-0.2, -0.15) is 0 Å². The monoisotopic (exact) mass is 1100 g/mol. The Balaban J connectivity index is 3.93. The molecule has 0 heterocycles. The van der Waals surface area contributed by atoms with Crippen LogP contribution >= 0.6 is 0 Å². The van der Waals surface area contributed by atoms with Crippen LogP contribution in [-0.4, -0.2) is 37.2 Å². The first kappa shape index (κ1) is 75.9. The summed E-state index contributed by atoms with van der Waals surface area (Å²) < 4.78 is 16.8. The van der Waals surface area contributed by atoms with Gasteiger partial charge in [0.2, 0.25) is 0 Å². The second-order valence-electron chi connectivity index (χ2n) is 24.1. The van der Waals surface area contributed by atoms with E-state index in [1.165, 1.54) is 302 Å². The summed E-state index contributed by atoms with van der Waals surface area (Å²) in [6, 6.07) is 0. The van der Waals surface area contributed by atoms with Crippen molar-refractivity contribution in [3.05, 3.63) is 24.3 Å². The summed E-state index contributed by atoms with van der Waals surface area (Å²) in [4.78, 5) is 38.1. The third kappa shape index (κ3) is 64.7. The lowest BCUT2D eigenvalue weighted by molar-refractivity contribution is -0.167. The smallest absolute Gasteiger partial charge is 0.306 e. The number of hydrogen-bond donors (Lipinski definition) is 0. The molecule has 0 bridgehead atoms. The van der Waals surface area contributed by atoms with E-state index in [1.54, 1.807) is 0 Å². The molecule has 0 aliphatic carbocycles. The van der Waals surface area contributed by atoms with E-state index in [0.29, 0.717) is 19.3 Å². The lowest BCUT2D eigenvalue weighted by atomic mass is 10.0. The molecular formula is C72H136O6. The number of unbranched alkanes of at least 4 members (excludes halogenated alkanes) is 51. The van der Waals surface area contributed by atoms with Gasteiger partial charge in [0.1, 0.15) is 13.2 Å². The van der Waals surface area contributed by atoms with Crippen molar-refractivity contribution in [1.29, 1.82) is 0 Å². The fourth-order valence-corrected chi connectivity index (χ4v) is 10.8. The lowest BCUT2D eigenvalue weighted by Gasteiger charge is -2.18. The Morgan fingerprint density at radius 2 is 0.423 bits per heavy atom. The van der Waals surface area contributed by atoms with E-state index in [4.69, 9.17) is 14.2 Å². The van der Waals surface area contributed by atoms with Crippen molar-refractivity contribution in [2.75, 3.05) is 13.2 Å². The molecular weight excluding hydrogens is 961 g/mol. The average molecular weight is 1100 g/mol. The van der Waals surface area contributed by atoms with Gasteiger partial charge >= 0.3 is 17.9 Å². The van der Waals surface area contributed by atoms with E-state index >= 15 is 0 Å². The molecule has 0 rings (SSSR count). The molecule has 6 nitrogen and oxygen atoms in total. The van der Waals surface area contributed by atoms with Crippen molar-refractivity contribution >= 4 is 17.9 Å². The van der Waals surface area contributed by atoms with Gasteiger partial charge in [0.05, 0.1) is 0 Å². The molecule has 0 spiro atoms. The summed E-state index contributed by atoms with van der Waals surface area (Å²) in [6.45, 7) is 6.65. The summed E-state index contributed by atoms with van der Waals surface area (Å²) >= 11 is 0. The van der Waals surface area contributed by atoms with Crippen molar-refractivity contribution < 1.29 is 28.6 Å². The second-order valence-corrected chi connectivity index (χ2v) is 24.1. The van der Waals surface area contributed by atoms with Crippen molar-refractivity contribution in [3.63, 3.8) is 0 Å². The number of carbonyl (C=O) groups excluding carboxylic acids is 3.